The maximum atomic E-state index is 12.6. The Kier molecular flexibility index (Phi) is 5.70. The van der Waals surface area contributed by atoms with Gasteiger partial charge in [-0.2, -0.15) is 0 Å². The van der Waals surface area contributed by atoms with E-state index in [2.05, 4.69) is 15.9 Å². The van der Waals surface area contributed by atoms with Crippen molar-refractivity contribution in [1.29, 1.82) is 0 Å². The average molecular weight is 385 g/mol. The molecule has 0 bridgehead atoms. The second-order valence-corrected chi connectivity index (χ2v) is 6.47. The highest BCUT2D eigenvalue weighted by Crippen LogP contribution is 2.27. The van der Waals surface area contributed by atoms with Crippen LogP contribution >= 0.6 is 15.9 Å². The third-order valence-electron chi connectivity index (χ3n) is 3.97. The minimum atomic E-state index is -0.827. The number of rotatable bonds is 5. The highest BCUT2D eigenvalue weighted by Gasteiger charge is 2.26. The van der Waals surface area contributed by atoms with Crippen molar-refractivity contribution in [2.75, 3.05) is 13.1 Å². The number of benzene rings is 1. The van der Waals surface area contributed by atoms with Gasteiger partial charge in [0.2, 0.25) is 0 Å². The Morgan fingerprint density at radius 2 is 2.17 bits per heavy atom. The molecule has 0 aliphatic carbocycles. The van der Waals surface area contributed by atoms with Gasteiger partial charge in [-0.15, -0.1) is 0 Å². The quantitative estimate of drug-likeness (QED) is 0.620. The number of carboxylic acid groups (broad SMARTS) is 1. The van der Waals surface area contributed by atoms with Crippen LogP contribution in [0.25, 0.3) is 0 Å². The van der Waals surface area contributed by atoms with Crippen molar-refractivity contribution < 1.29 is 19.6 Å². The van der Waals surface area contributed by atoms with Crippen LogP contribution in [0.3, 0.4) is 0 Å². The van der Waals surface area contributed by atoms with E-state index in [-0.39, 0.29) is 23.9 Å². The Hall–Kier alpha value is -1.96. The standard InChI is InChI=1S/C15H17BrN2O5/c16-13-8-11(18(22)23)4-5-12(13)15(21)17-7-1-2-10(9-17)3-6-14(19)20/h4-5,8,10H,1-3,6-7,9H2,(H,19,20). The van der Waals surface area contributed by atoms with Gasteiger partial charge in [0, 0.05) is 36.1 Å². The van der Waals surface area contributed by atoms with E-state index in [1.165, 1.54) is 18.2 Å². The predicted molar refractivity (Wildman–Crippen MR) is 86.3 cm³/mol. The number of hydrogen-bond donors (Lipinski definition) is 1. The van der Waals surface area contributed by atoms with Crippen LogP contribution in [-0.4, -0.2) is 39.9 Å². The highest BCUT2D eigenvalue weighted by molar-refractivity contribution is 9.10. The molecule has 1 fully saturated rings. The van der Waals surface area contributed by atoms with Gasteiger partial charge in [0.25, 0.3) is 11.6 Å². The Morgan fingerprint density at radius 1 is 1.43 bits per heavy atom. The van der Waals surface area contributed by atoms with E-state index in [1.807, 2.05) is 0 Å². The Bertz CT molecular complexity index is 634. The van der Waals surface area contributed by atoms with E-state index in [9.17, 15) is 19.7 Å². The smallest absolute Gasteiger partial charge is 0.303 e. The molecule has 1 unspecified atom stereocenters. The fraction of sp³-hybridized carbons (Fsp3) is 0.467. The van der Waals surface area contributed by atoms with Crippen molar-refractivity contribution in [3.05, 3.63) is 38.3 Å². The molecule has 23 heavy (non-hydrogen) atoms. The molecular weight excluding hydrogens is 368 g/mol. The summed E-state index contributed by atoms with van der Waals surface area (Å²) in [5.74, 6) is -0.834. The van der Waals surface area contributed by atoms with Crippen molar-refractivity contribution in [1.82, 2.24) is 4.90 Å². The average Bonchev–Trinajstić information content (AvgIpc) is 2.52. The maximum Gasteiger partial charge on any atom is 0.303 e. The van der Waals surface area contributed by atoms with Gasteiger partial charge < -0.3 is 10.0 Å². The summed E-state index contributed by atoms with van der Waals surface area (Å²) < 4.78 is 0.393. The summed E-state index contributed by atoms with van der Waals surface area (Å²) in [5, 5.41) is 19.5. The lowest BCUT2D eigenvalue weighted by Gasteiger charge is -2.33. The minimum absolute atomic E-state index is 0.0774. The van der Waals surface area contributed by atoms with E-state index in [0.717, 1.165) is 12.8 Å². The van der Waals surface area contributed by atoms with Crippen LogP contribution < -0.4 is 0 Å². The summed E-state index contributed by atoms with van der Waals surface area (Å²) in [6, 6.07) is 4.08. The van der Waals surface area contributed by atoms with Crippen LogP contribution in [0.15, 0.2) is 22.7 Å². The van der Waals surface area contributed by atoms with Crippen LogP contribution in [0.2, 0.25) is 0 Å². The summed E-state index contributed by atoms with van der Waals surface area (Å²) in [6.45, 7) is 1.14. The number of nitrogens with zero attached hydrogens (tertiary/aromatic N) is 2. The molecule has 1 aromatic carbocycles. The maximum absolute atomic E-state index is 12.6. The number of nitro groups is 1. The first-order valence-corrected chi connectivity index (χ1v) is 8.12. The van der Waals surface area contributed by atoms with Crippen molar-refractivity contribution >= 4 is 33.5 Å². The van der Waals surface area contributed by atoms with Gasteiger partial charge in [-0.1, -0.05) is 0 Å². The largest absolute Gasteiger partial charge is 0.481 e. The number of non-ortho nitro benzene ring substituents is 1. The van der Waals surface area contributed by atoms with Crippen molar-refractivity contribution in [3.63, 3.8) is 0 Å². The molecule has 124 valence electrons. The molecule has 1 aliphatic rings. The number of nitro benzene ring substituents is 1. The molecule has 0 spiro atoms. The summed E-state index contributed by atoms with van der Waals surface area (Å²) in [7, 11) is 0. The number of carbonyl (C=O) groups excluding carboxylic acids is 1. The minimum Gasteiger partial charge on any atom is -0.481 e. The SMILES string of the molecule is O=C(O)CCC1CCCN(C(=O)c2ccc([N+](=O)[O-])cc2Br)C1. The fourth-order valence-electron chi connectivity index (χ4n) is 2.77. The lowest BCUT2D eigenvalue weighted by molar-refractivity contribution is -0.384. The second-order valence-electron chi connectivity index (χ2n) is 5.61. The summed E-state index contributed by atoms with van der Waals surface area (Å²) in [5.41, 5.74) is 0.306. The molecule has 0 radical (unpaired) electrons. The van der Waals surface area contributed by atoms with E-state index in [1.54, 1.807) is 4.90 Å². The molecule has 1 heterocycles. The molecule has 0 aromatic heterocycles. The van der Waals surface area contributed by atoms with Gasteiger partial charge in [0.1, 0.15) is 0 Å². The molecule has 0 saturated carbocycles. The molecule has 1 atom stereocenters. The fourth-order valence-corrected chi connectivity index (χ4v) is 3.31. The number of carboxylic acids is 1. The monoisotopic (exact) mass is 384 g/mol. The van der Waals surface area contributed by atoms with Gasteiger partial charge in [-0.05, 0) is 47.2 Å². The second kappa shape index (κ2) is 7.54. The molecular formula is C15H17BrN2O5. The van der Waals surface area contributed by atoms with Crippen molar-refractivity contribution in [2.45, 2.75) is 25.7 Å². The molecule has 1 saturated heterocycles. The Morgan fingerprint density at radius 3 is 2.78 bits per heavy atom. The van der Waals surface area contributed by atoms with E-state index >= 15 is 0 Å². The lowest BCUT2D eigenvalue weighted by atomic mass is 9.93. The first-order valence-electron chi connectivity index (χ1n) is 7.33. The zero-order chi connectivity index (χ0) is 17.0. The molecule has 1 N–H and O–H groups in total. The molecule has 1 aliphatic heterocycles. The third-order valence-corrected chi connectivity index (χ3v) is 4.62. The number of piperidine rings is 1. The summed E-state index contributed by atoms with van der Waals surface area (Å²) >= 11 is 3.22. The number of hydrogen-bond acceptors (Lipinski definition) is 4. The van der Waals surface area contributed by atoms with E-state index < -0.39 is 10.9 Å². The first kappa shape index (κ1) is 17.4. The number of likely N-dealkylation sites (tertiary alicyclic amines) is 1. The molecule has 7 nitrogen and oxygen atoms in total. The Labute approximate surface area is 141 Å². The number of amides is 1. The van der Waals surface area contributed by atoms with Crippen LogP contribution in [0.4, 0.5) is 5.69 Å². The highest BCUT2D eigenvalue weighted by atomic mass is 79.9. The number of halogens is 1. The zero-order valence-electron chi connectivity index (χ0n) is 12.4. The van der Waals surface area contributed by atoms with Gasteiger partial charge in [0.15, 0.2) is 0 Å². The molecule has 8 heteroatoms. The topological polar surface area (TPSA) is 101 Å². The van der Waals surface area contributed by atoms with Crippen molar-refractivity contribution in [2.24, 2.45) is 5.92 Å². The van der Waals surface area contributed by atoms with Gasteiger partial charge in [0.05, 0.1) is 10.5 Å². The van der Waals surface area contributed by atoms with Crippen LogP contribution in [0.5, 0.6) is 0 Å². The molecule has 1 amide bonds. The van der Waals surface area contributed by atoms with Gasteiger partial charge in [-0.3, -0.25) is 19.7 Å². The third kappa shape index (κ3) is 4.51. The van der Waals surface area contributed by atoms with Crippen LogP contribution in [0, 0.1) is 16.0 Å². The zero-order valence-corrected chi connectivity index (χ0v) is 14.0. The summed E-state index contributed by atoms with van der Waals surface area (Å²) in [4.78, 5) is 35.2. The van der Waals surface area contributed by atoms with E-state index in [0.29, 0.717) is 29.5 Å². The number of aliphatic carboxylic acids is 1. The predicted octanol–water partition coefficient (Wildman–Crippen LogP) is 3.07. The van der Waals surface area contributed by atoms with Crippen LogP contribution in [-0.2, 0) is 4.79 Å². The lowest BCUT2D eigenvalue weighted by Crippen LogP contribution is -2.40. The van der Waals surface area contributed by atoms with Gasteiger partial charge in [-0.25, -0.2) is 0 Å². The molecule has 2 rings (SSSR count). The van der Waals surface area contributed by atoms with Crippen molar-refractivity contribution in [3.8, 4) is 0 Å². The first-order chi connectivity index (χ1) is 10.9. The van der Waals surface area contributed by atoms with Crippen LogP contribution in [0.1, 0.15) is 36.0 Å². The normalized spacial score (nSPS) is 17.8. The van der Waals surface area contributed by atoms with Gasteiger partial charge >= 0.3 is 5.97 Å². The molecule has 1 aromatic rings. The van der Waals surface area contributed by atoms with E-state index in [4.69, 9.17) is 5.11 Å². The summed E-state index contributed by atoms with van der Waals surface area (Å²) in [6.07, 6.45) is 2.41. The number of carbonyl (C=O) groups is 2. The Balaban J connectivity index is 2.07.